The van der Waals surface area contributed by atoms with Crippen LogP contribution in [0, 0.1) is 0 Å². The van der Waals surface area contributed by atoms with Crippen LogP contribution in [0.5, 0.6) is 11.5 Å². The molecule has 0 bridgehead atoms. The van der Waals surface area contributed by atoms with Gasteiger partial charge in [0.15, 0.2) is 11.5 Å². The average molecular weight is 287 g/mol. The summed E-state index contributed by atoms with van der Waals surface area (Å²) in [5.74, 6) is 1.37. The van der Waals surface area contributed by atoms with E-state index in [2.05, 4.69) is 0 Å². The smallest absolute Gasteiger partial charge is 0.280 e. The van der Waals surface area contributed by atoms with Crippen molar-refractivity contribution in [2.75, 3.05) is 13.0 Å². The second-order valence-corrected chi connectivity index (χ2v) is 6.19. The lowest BCUT2D eigenvalue weighted by atomic mass is 10.2. The third-order valence-corrected chi connectivity index (χ3v) is 3.04. The molecule has 1 heterocycles. The highest BCUT2D eigenvalue weighted by Gasteiger charge is 2.19. The molecule has 0 fully saturated rings. The molecule has 1 aromatic carbocycles. The molecule has 1 aromatic rings. The monoisotopic (exact) mass is 287 g/mol. The van der Waals surface area contributed by atoms with Gasteiger partial charge in [0.1, 0.15) is 0 Å². The lowest BCUT2D eigenvalue weighted by molar-refractivity contribution is -0.0866. The zero-order valence-corrected chi connectivity index (χ0v) is 11.9. The topological polar surface area (TPSA) is 65.1 Å². The van der Waals surface area contributed by atoms with Gasteiger partial charge in [-0.25, -0.2) is 0 Å². The van der Waals surface area contributed by atoms with E-state index in [-0.39, 0.29) is 12.8 Å². The van der Waals surface area contributed by atoms with Gasteiger partial charge in [0.25, 0.3) is 10.1 Å². The van der Waals surface area contributed by atoms with Gasteiger partial charge in [0.2, 0.25) is 6.79 Å². The second-order valence-electron chi connectivity index (χ2n) is 4.64. The summed E-state index contributed by atoms with van der Waals surface area (Å²) in [5, 5.41) is 1.41. The van der Waals surface area contributed by atoms with Crippen LogP contribution in [-0.4, -0.2) is 32.6 Å². The molecule has 106 valence electrons. The minimum atomic E-state index is -3.53. The highest BCUT2D eigenvalue weighted by Crippen LogP contribution is 2.33. The summed E-state index contributed by atoms with van der Waals surface area (Å²) in [7, 11) is -3.53. The molecule has 0 unspecified atom stereocenters. The first-order valence-corrected chi connectivity index (χ1v) is 7.71. The minimum absolute atomic E-state index is 0.0693. The van der Waals surface area contributed by atoms with E-state index in [9.17, 15) is 8.42 Å². The Bertz CT molecular complexity index is 555. The van der Waals surface area contributed by atoms with Crippen molar-refractivity contribution in [3.8, 4) is 11.5 Å². The third-order valence-electron chi connectivity index (χ3n) is 2.58. The van der Waals surface area contributed by atoms with Crippen molar-refractivity contribution in [3.05, 3.63) is 23.8 Å². The van der Waals surface area contributed by atoms with Gasteiger partial charge >= 0.3 is 0 Å². The van der Waals surface area contributed by atoms with Gasteiger partial charge in [0.05, 0.1) is 12.8 Å². The van der Waals surface area contributed by atoms with Gasteiger partial charge in [-0.1, -0.05) is 6.07 Å². The lowest BCUT2D eigenvalue weighted by Gasteiger charge is -2.23. The number of hydrogen-bond acceptors (Lipinski definition) is 6. The van der Waals surface area contributed by atoms with Crippen molar-refractivity contribution >= 4 is 10.1 Å². The van der Waals surface area contributed by atoms with E-state index in [1.54, 1.807) is 6.07 Å². The number of ether oxygens (including phenoxy) is 2. The zero-order chi connectivity index (χ0) is 14.0. The first kappa shape index (κ1) is 14.1. The number of rotatable bonds is 5. The summed E-state index contributed by atoms with van der Waals surface area (Å²) in [6.07, 6.45) is 1.03. The molecule has 2 rings (SSSR count). The summed E-state index contributed by atoms with van der Waals surface area (Å²) < 4.78 is 37.9. The van der Waals surface area contributed by atoms with Gasteiger partial charge in [0, 0.05) is 6.04 Å². The fourth-order valence-electron chi connectivity index (χ4n) is 1.69. The van der Waals surface area contributed by atoms with Crippen LogP contribution in [-0.2, 0) is 20.9 Å². The molecule has 1 aliphatic heterocycles. The molecule has 19 heavy (non-hydrogen) atoms. The summed E-state index contributed by atoms with van der Waals surface area (Å²) in [6.45, 7) is 4.28. The molecule has 0 saturated heterocycles. The Morgan fingerprint density at radius 2 is 2.00 bits per heavy atom. The standard InChI is InChI=1S/C12H17NO5S/c1-9(2)13(18-19(3,14)15)7-10-4-5-11-12(6-10)17-8-16-11/h4-6,9H,7-8H2,1-3H3. The predicted octanol–water partition coefficient (Wildman–Crippen LogP) is 1.52. The number of nitrogens with zero attached hydrogens (tertiary/aromatic N) is 1. The van der Waals surface area contributed by atoms with E-state index < -0.39 is 10.1 Å². The van der Waals surface area contributed by atoms with Crippen LogP contribution in [0.25, 0.3) is 0 Å². The molecule has 0 spiro atoms. The van der Waals surface area contributed by atoms with Crippen LogP contribution < -0.4 is 9.47 Å². The fourth-order valence-corrected chi connectivity index (χ4v) is 2.26. The molecule has 7 heteroatoms. The van der Waals surface area contributed by atoms with Crippen molar-refractivity contribution in [2.45, 2.75) is 26.4 Å². The van der Waals surface area contributed by atoms with Crippen LogP contribution >= 0.6 is 0 Å². The molecule has 0 atom stereocenters. The quantitative estimate of drug-likeness (QED) is 0.765. The lowest BCUT2D eigenvalue weighted by Crippen LogP contribution is -2.32. The summed E-state index contributed by atoms with van der Waals surface area (Å²) in [5.41, 5.74) is 0.890. The molecular weight excluding hydrogens is 270 g/mol. The number of hydroxylamine groups is 2. The second kappa shape index (κ2) is 5.36. The SMILES string of the molecule is CC(C)N(Cc1ccc2c(c1)OCO2)OS(C)(=O)=O. The fraction of sp³-hybridized carbons (Fsp3) is 0.500. The van der Waals surface area contributed by atoms with Gasteiger partial charge in [-0.05, 0) is 31.5 Å². The van der Waals surface area contributed by atoms with Gasteiger partial charge in [-0.2, -0.15) is 17.8 Å². The average Bonchev–Trinajstić information content (AvgIpc) is 2.73. The molecule has 0 N–H and O–H groups in total. The Hall–Kier alpha value is -1.31. The van der Waals surface area contributed by atoms with Crippen LogP contribution in [0.4, 0.5) is 0 Å². The molecule has 1 aliphatic rings. The maximum Gasteiger partial charge on any atom is 0.280 e. The predicted molar refractivity (Wildman–Crippen MR) is 69.2 cm³/mol. The van der Waals surface area contributed by atoms with Crippen LogP contribution in [0.15, 0.2) is 18.2 Å². The van der Waals surface area contributed by atoms with Crippen molar-refractivity contribution in [1.82, 2.24) is 5.06 Å². The molecular formula is C12H17NO5S. The molecule has 0 aliphatic carbocycles. The first-order chi connectivity index (χ1) is 8.85. The first-order valence-electron chi connectivity index (χ1n) is 5.90. The van der Waals surface area contributed by atoms with E-state index in [0.29, 0.717) is 18.0 Å². The third kappa shape index (κ3) is 3.82. The van der Waals surface area contributed by atoms with Crippen molar-refractivity contribution in [1.29, 1.82) is 0 Å². The minimum Gasteiger partial charge on any atom is -0.454 e. The summed E-state index contributed by atoms with van der Waals surface area (Å²) in [4.78, 5) is 0. The summed E-state index contributed by atoms with van der Waals surface area (Å²) in [6, 6.07) is 5.41. The maximum atomic E-state index is 11.2. The zero-order valence-electron chi connectivity index (χ0n) is 11.1. The number of hydrogen-bond donors (Lipinski definition) is 0. The molecule has 0 aromatic heterocycles. The number of benzene rings is 1. The Kier molecular flexibility index (Phi) is 3.98. The van der Waals surface area contributed by atoms with Crippen LogP contribution in [0.3, 0.4) is 0 Å². The molecule has 0 amide bonds. The van der Waals surface area contributed by atoms with E-state index in [4.69, 9.17) is 13.8 Å². The van der Waals surface area contributed by atoms with Crippen molar-refractivity contribution < 1.29 is 22.2 Å². The van der Waals surface area contributed by atoms with E-state index in [1.807, 2.05) is 26.0 Å². The molecule has 0 saturated carbocycles. The Balaban J connectivity index is 2.13. The Morgan fingerprint density at radius 1 is 1.32 bits per heavy atom. The van der Waals surface area contributed by atoms with Crippen molar-refractivity contribution in [2.24, 2.45) is 0 Å². The largest absolute Gasteiger partial charge is 0.454 e. The molecule has 6 nitrogen and oxygen atoms in total. The maximum absolute atomic E-state index is 11.2. The van der Waals surface area contributed by atoms with Gasteiger partial charge < -0.3 is 9.47 Å². The Labute approximate surface area is 113 Å². The van der Waals surface area contributed by atoms with E-state index in [0.717, 1.165) is 11.8 Å². The Morgan fingerprint density at radius 3 is 2.63 bits per heavy atom. The van der Waals surface area contributed by atoms with Crippen LogP contribution in [0.2, 0.25) is 0 Å². The number of fused-ring (bicyclic) bond motifs is 1. The highest BCUT2D eigenvalue weighted by molar-refractivity contribution is 7.85. The van der Waals surface area contributed by atoms with E-state index in [1.165, 1.54) is 5.06 Å². The highest BCUT2D eigenvalue weighted by atomic mass is 32.2. The van der Waals surface area contributed by atoms with Gasteiger partial charge in [-0.15, -0.1) is 0 Å². The summed E-state index contributed by atoms with van der Waals surface area (Å²) >= 11 is 0. The van der Waals surface area contributed by atoms with Crippen LogP contribution in [0.1, 0.15) is 19.4 Å². The van der Waals surface area contributed by atoms with Crippen molar-refractivity contribution in [3.63, 3.8) is 0 Å². The van der Waals surface area contributed by atoms with Gasteiger partial charge in [-0.3, -0.25) is 0 Å². The normalized spacial score (nSPS) is 14.4. The van der Waals surface area contributed by atoms with E-state index >= 15 is 0 Å². The molecule has 0 radical (unpaired) electrons.